The van der Waals surface area contributed by atoms with Gasteiger partial charge in [0.05, 0.1) is 12.0 Å². The van der Waals surface area contributed by atoms with E-state index in [2.05, 4.69) is 13.8 Å². The van der Waals surface area contributed by atoms with Gasteiger partial charge in [-0.15, -0.1) is 0 Å². The number of nitrogens with zero attached hydrogens (tertiary/aromatic N) is 1. The van der Waals surface area contributed by atoms with Crippen molar-refractivity contribution in [1.29, 1.82) is 5.26 Å². The highest BCUT2D eigenvalue weighted by molar-refractivity contribution is 5.74. The van der Waals surface area contributed by atoms with Crippen molar-refractivity contribution in [3.05, 3.63) is 34.1 Å². The first kappa shape index (κ1) is 20.2. The van der Waals surface area contributed by atoms with E-state index in [1.54, 1.807) is 6.07 Å². The first-order chi connectivity index (χ1) is 11.0. The summed E-state index contributed by atoms with van der Waals surface area (Å²) in [5, 5.41) is 9.23. The Hall–Kier alpha value is -1.89. The second kappa shape index (κ2) is 7.79. The molecule has 0 aliphatic rings. The molecule has 0 heterocycles. The average Bonchev–Trinajstić information content (AvgIpc) is 2.38. The number of hydrogen-bond donors (Lipinski definition) is 0. The summed E-state index contributed by atoms with van der Waals surface area (Å²) in [7, 11) is 0. The van der Waals surface area contributed by atoms with Crippen LogP contribution in [0.15, 0.2) is 6.07 Å². The normalized spacial score (nSPS) is 11.7. The highest BCUT2D eigenvalue weighted by Crippen LogP contribution is 2.31. The fraction of sp³-hybridized carbons (Fsp3) is 0.600. The van der Waals surface area contributed by atoms with Crippen molar-refractivity contribution in [3.63, 3.8) is 0 Å². The van der Waals surface area contributed by atoms with Crippen LogP contribution in [0.5, 0.6) is 0 Å². The molecule has 4 heteroatoms. The largest absolute Gasteiger partial charge is 0.460 e. The number of halogens is 1. The van der Waals surface area contributed by atoms with E-state index in [9.17, 15) is 14.4 Å². The number of nitriles is 1. The molecule has 132 valence electrons. The molecule has 0 aromatic heterocycles. The van der Waals surface area contributed by atoms with E-state index in [0.717, 1.165) is 5.56 Å². The number of rotatable bonds is 5. The van der Waals surface area contributed by atoms with Crippen molar-refractivity contribution in [2.24, 2.45) is 5.92 Å². The van der Waals surface area contributed by atoms with Crippen LogP contribution in [0.25, 0.3) is 0 Å². The van der Waals surface area contributed by atoms with Gasteiger partial charge in [-0.05, 0) is 61.8 Å². The molecule has 0 fully saturated rings. The van der Waals surface area contributed by atoms with E-state index >= 15 is 0 Å². The Bertz CT molecular complexity index is 649. The third kappa shape index (κ3) is 5.33. The predicted molar refractivity (Wildman–Crippen MR) is 93.3 cm³/mol. The molecule has 1 aromatic rings. The molecule has 1 rings (SSSR count). The lowest BCUT2D eigenvalue weighted by Crippen LogP contribution is -2.26. The van der Waals surface area contributed by atoms with E-state index in [0.29, 0.717) is 23.5 Å². The molecule has 0 aliphatic heterocycles. The zero-order valence-electron chi connectivity index (χ0n) is 15.8. The molecule has 3 nitrogen and oxygen atoms in total. The Labute approximate surface area is 144 Å². The molecule has 0 spiro atoms. The van der Waals surface area contributed by atoms with E-state index in [1.807, 2.05) is 40.7 Å². The highest BCUT2D eigenvalue weighted by Gasteiger charge is 2.25. The van der Waals surface area contributed by atoms with Crippen LogP contribution in [-0.4, -0.2) is 11.6 Å². The summed E-state index contributed by atoms with van der Waals surface area (Å²) in [6, 6.07) is 3.52. The number of benzene rings is 1. The molecule has 0 amide bonds. The topological polar surface area (TPSA) is 50.1 Å². The molecule has 24 heavy (non-hydrogen) atoms. The van der Waals surface area contributed by atoms with E-state index < -0.39 is 11.4 Å². The maximum Gasteiger partial charge on any atom is 0.310 e. The van der Waals surface area contributed by atoms with Crippen LogP contribution in [0.1, 0.15) is 76.6 Å². The SMILES string of the molecule is CC(C)Cc1cc(C#N)c(F)c(C(C)C)c1CC(=O)OC(C)(C)C. The zero-order chi connectivity index (χ0) is 18.7. The number of esters is 1. The first-order valence-corrected chi connectivity index (χ1v) is 8.42. The molecular formula is C20H28FNO2. The lowest BCUT2D eigenvalue weighted by atomic mass is 9.86. The van der Waals surface area contributed by atoms with E-state index in [1.165, 1.54) is 0 Å². The molecule has 0 saturated carbocycles. The Morgan fingerprint density at radius 2 is 1.88 bits per heavy atom. The van der Waals surface area contributed by atoms with Crippen LogP contribution in [0.3, 0.4) is 0 Å². The number of ether oxygens (including phenoxy) is 1. The molecule has 0 radical (unpaired) electrons. The summed E-state index contributed by atoms with van der Waals surface area (Å²) in [5.74, 6) is -0.682. The fourth-order valence-electron chi connectivity index (χ4n) is 2.81. The van der Waals surface area contributed by atoms with Gasteiger partial charge in [0.2, 0.25) is 0 Å². The van der Waals surface area contributed by atoms with Gasteiger partial charge in [0.15, 0.2) is 0 Å². The van der Waals surface area contributed by atoms with Crippen molar-refractivity contribution >= 4 is 5.97 Å². The number of hydrogen-bond acceptors (Lipinski definition) is 3. The van der Waals surface area contributed by atoms with E-state index in [4.69, 9.17) is 4.74 Å². The summed E-state index contributed by atoms with van der Waals surface area (Å²) in [6.07, 6.45) is 0.711. The molecule has 1 aromatic carbocycles. The van der Waals surface area contributed by atoms with E-state index in [-0.39, 0.29) is 23.9 Å². The number of carbonyl (C=O) groups excluding carboxylic acids is 1. The molecule has 0 aliphatic carbocycles. The standard InChI is InChI=1S/C20H28FNO2/c1-12(2)8-14-9-15(11-22)19(21)18(13(3)4)16(14)10-17(23)24-20(5,6)7/h9,12-13H,8,10H2,1-7H3. The highest BCUT2D eigenvalue weighted by atomic mass is 19.1. The molecule has 0 atom stereocenters. The summed E-state index contributed by atoms with van der Waals surface area (Å²) in [5.41, 5.74) is 1.44. The smallest absolute Gasteiger partial charge is 0.310 e. The van der Waals surface area contributed by atoms with Crippen LogP contribution >= 0.6 is 0 Å². The van der Waals surface area contributed by atoms with Gasteiger partial charge < -0.3 is 4.74 Å². The summed E-state index contributed by atoms with van der Waals surface area (Å²) < 4.78 is 20.1. The summed E-state index contributed by atoms with van der Waals surface area (Å²) in [4.78, 5) is 12.3. The van der Waals surface area contributed by atoms with Crippen LogP contribution in [-0.2, 0) is 22.4 Å². The second-order valence-electron chi connectivity index (χ2n) is 7.92. The van der Waals surface area contributed by atoms with Gasteiger partial charge in [0.25, 0.3) is 0 Å². The van der Waals surface area contributed by atoms with Crippen LogP contribution in [0, 0.1) is 23.1 Å². The van der Waals surface area contributed by atoms with Crippen molar-refractivity contribution in [2.45, 2.75) is 72.8 Å². The van der Waals surface area contributed by atoms with Crippen molar-refractivity contribution in [2.75, 3.05) is 0 Å². The quantitative estimate of drug-likeness (QED) is 0.720. The van der Waals surface area contributed by atoms with Crippen molar-refractivity contribution < 1.29 is 13.9 Å². The van der Waals surface area contributed by atoms with Crippen molar-refractivity contribution in [1.82, 2.24) is 0 Å². The van der Waals surface area contributed by atoms with Crippen LogP contribution in [0.4, 0.5) is 4.39 Å². The lowest BCUT2D eigenvalue weighted by Gasteiger charge is -2.23. The van der Waals surface area contributed by atoms with Gasteiger partial charge in [-0.1, -0.05) is 27.7 Å². The molecule has 0 saturated heterocycles. The molecular weight excluding hydrogens is 305 g/mol. The average molecular weight is 333 g/mol. The third-order valence-corrected chi connectivity index (χ3v) is 3.57. The Balaban J connectivity index is 3.45. The fourth-order valence-corrected chi connectivity index (χ4v) is 2.81. The zero-order valence-corrected chi connectivity index (χ0v) is 15.8. The Morgan fingerprint density at radius 1 is 1.29 bits per heavy atom. The maximum atomic E-state index is 14.7. The van der Waals surface area contributed by atoms with Gasteiger partial charge in [-0.2, -0.15) is 5.26 Å². The van der Waals surface area contributed by atoms with Crippen LogP contribution < -0.4 is 0 Å². The minimum atomic E-state index is -0.585. The number of carbonyl (C=O) groups is 1. The second-order valence-corrected chi connectivity index (χ2v) is 7.92. The predicted octanol–water partition coefficient (Wildman–Crippen LogP) is 4.90. The lowest BCUT2D eigenvalue weighted by molar-refractivity contribution is -0.153. The summed E-state index contributed by atoms with van der Waals surface area (Å²) in [6.45, 7) is 13.3. The molecule has 0 bridgehead atoms. The minimum Gasteiger partial charge on any atom is -0.460 e. The van der Waals surface area contributed by atoms with Gasteiger partial charge in [-0.25, -0.2) is 4.39 Å². The molecule has 0 unspecified atom stereocenters. The van der Waals surface area contributed by atoms with Gasteiger partial charge in [0.1, 0.15) is 17.5 Å². The Kier molecular flexibility index (Phi) is 6.54. The minimum absolute atomic E-state index is 0.0233. The first-order valence-electron chi connectivity index (χ1n) is 8.42. The van der Waals surface area contributed by atoms with Crippen molar-refractivity contribution in [3.8, 4) is 6.07 Å². The summed E-state index contributed by atoms with van der Waals surface area (Å²) >= 11 is 0. The van der Waals surface area contributed by atoms with Crippen LogP contribution in [0.2, 0.25) is 0 Å². The van der Waals surface area contributed by atoms with Gasteiger partial charge in [0, 0.05) is 0 Å². The van der Waals surface area contributed by atoms with Gasteiger partial charge >= 0.3 is 5.97 Å². The molecule has 0 N–H and O–H groups in total. The third-order valence-electron chi connectivity index (χ3n) is 3.57. The monoisotopic (exact) mass is 333 g/mol. The Morgan fingerprint density at radius 3 is 2.29 bits per heavy atom. The van der Waals surface area contributed by atoms with Gasteiger partial charge in [-0.3, -0.25) is 4.79 Å². The maximum absolute atomic E-state index is 14.7.